The zero-order valence-corrected chi connectivity index (χ0v) is 33.3. The standard InChI is InChI=1S/C41H50N6O10/c1-22-36(49)43-23(2)39(52)45(4)30(19-25-9-14-28(55-7)15-10-25)37(50)44-24(3)40(53)46(5)31-20-26-11-16-29(17-12-26)57-33-21-27(13-18-32(33)56-8)35(48)34(38(51)42-22)47(6)41(31)54/h9-18,21-24,30-31,34-35,48H,19-20H2,1-8H3,(H,42,51)(H,43,49)(H,44,50)/t22-,23+,24+,30+,31-,34-,35+/m1/s1. The lowest BCUT2D eigenvalue weighted by atomic mass is 9.96. The molecule has 6 rings (SSSR count). The molecule has 3 heterocycles. The van der Waals surface area contributed by atoms with E-state index in [1.807, 2.05) is 0 Å². The fourth-order valence-corrected chi connectivity index (χ4v) is 6.92. The number of carbonyl (C=O) groups is 6. The summed E-state index contributed by atoms with van der Waals surface area (Å²) in [5.74, 6) is -2.65. The van der Waals surface area contributed by atoms with Crippen molar-refractivity contribution in [3.63, 3.8) is 0 Å². The van der Waals surface area contributed by atoms with Gasteiger partial charge >= 0.3 is 0 Å². The number of fused-ring (bicyclic) bond motifs is 2. The predicted molar refractivity (Wildman–Crippen MR) is 207 cm³/mol. The number of aliphatic hydroxyl groups excluding tert-OH is 1. The van der Waals surface area contributed by atoms with Crippen molar-refractivity contribution in [2.45, 2.75) is 76.0 Å². The van der Waals surface area contributed by atoms with Gasteiger partial charge in [0.2, 0.25) is 35.4 Å². The lowest BCUT2D eigenvalue weighted by Gasteiger charge is -2.38. The van der Waals surface area contributed by atoms with Gasteiger partial charge in [0.25, 0.3) is 0 Å². The molecule has 1 saturated heterocycles. The Balaban J connectivity index is 1.60. The van der Waals surface area contributed by atoms with E-state index in [4.69, 9.17) is 14.2 Å². The summed E-state index contributed by atoms with van der Waals surface area (Å²) >= 11 is 0. The van der Waals surface area contributed by atoms with E-state index in [1.165, 1.54) is 78.1 Å². The number of nitrogens with zero attached hydrogens (tertiary/aromatic N) is 3. The van der Waals surface area contributed by atoms with Crippen LogP contribution < -0.4 is 30.2 Å². The SMILES string of the molecule is COc1ccc(C[C@H]2C(=O)N[C@@H](C)C(=O)N(C)[C@@H]3Cc4ccc(cc4)Oc4cc(ccc4OC)[C@H](O)[C@H](C(=O)N[C@H](C)C(=O)N[C@@H](C)C(=O)N2C)N(C)C3=O)cc1. The fourth-order valence-electron chi connectivity index (χ4n) is 6.92. The van der Waals surface area contributed by atoms with Crippen molar-refractivity contribution in [2.75, 3.05) is 35.4 Å². The highest BCUT2D eigenvalue weighted by Gasteiger charge is 2.42. The van der Waals surface area contributed by atoms with Gasteiger partial charge in [-0.1, -0.05) is 30.3 Å². The van der Waals surface area contributed by atoms with Gasteiger partial charge in [0, 0.05) is 34.0 Å². The van der Waals surface area contributed by atoms with Crippen molar-refractivity contribution >= 4 is 35.4 Å². The average molecular weight is 787 g/mol. The van der Waals surface area contributed by atoms with Gasteiger partial charge in [-0.3, -0.25) is 28.8 Å². The van der Waals surface area contributed by atoms with Gasteiger partial charge in [-0.2, -0.15) is 0 Å². The van der Waals surface area contributed by atoms with Crippen molar-refractivity contribution in [3.8, 4) is 23.0 Å². The Morgan fingerprint density at radius 2 is 1.28 bits per heavy atom. The van der Waals surface area contributed by atoms with E-state index in [-0.39, 0.29) is 24.2 Å². The van der Waals surface area contributed by atoms with E-state index in [0.29, 0.717) is 28.4 Å². The zero-order chi connectivity index (χ0) is 41.7. The molecular formula is C41H50N6O10. The van der Waals surface area contributed by atoms with Crippen LogP contribution in [0.2, 0.25) is 0 Å². The zero-order valence-electron chi connectivity index (χ0n) is 33.3. The molecule has 1 fully saturated rings. The Morgan fingerprint density at radius 1 is 0.684 bits per heavy atom. The van der Waals surface area contributed by atoms with Crippen LogP contribution in [0, 0.1) is 0 Å². The Labute approximate surface area is 331 Å². The Kier molecular flexibility index (Phi) is 13.1. The topological polar surface area (TPSA) is 196 Å². The van der Waals surface area contributed by atoms with Crippen molar-refractivity contribution in [1.29, 1.82) is 0 Å². The Hall–Kier alpha value is -6.16. The summed E-state index contributed by atoms with van der Waals surface area (Å²) in [6, 6.07) is 10.7. The second-order valence-corrected chi connectivity index (χ2v) is 14.4. The molecule has 3 aromatic rings. The normalized spacial score (nSPS) is 25.4. The summed E-state index contributed by atoms with van der Waals surface area (Å²) in [5.41, 5.74) is 1.50. The molecule has 0 radical (unpaired) electrons. The number of nitrogens with one attached hydrogen (secondary N) is 3. The van der Waals surface area contributed by atoms with Crippen LogP contribution in [0.4, 0.5) is 0 Å². The predicted octanol–water partition coefficient (Wildman–Crippen LogP) is 1.34. The van der Waals surface area contributed by atoms with Crippen LogP contribution in [0.25, 0.3) is 0 Å². The maximum Gasteiger partial charge on any atom is 0.246 e. The van der Waals surface area contributed by atoms with Crippen molar-refractivity contribution < 1.29 is 48.1 Å². The van der Waals surface area contributed by atoms with Gasteiger partial charge < -0.3 is 50.0 Å². The van der Waals surface area contributed by atoms with Crippen LogP contribution in [0.1, 0.15) is 43.6 Å². The summed E-state index contributed by atoms with van der Waals surface area (Å²) in [7, 11) is 7.14. The lowest BCUT2D eigenvalue weighted by Crippen LogP contribution is -2.62. The number of carbonyl (C=O) groups excluding carboxylic acids is 6. The second-order valence-electron chi connectivity index (χ2n) is 14.4. The van der Waals surface area contributed by atoms with Gasteiger partial charge in [0.15, 0.2) is 11.5 Å². The number of aliphatic hydroxyl groups is 1. The Morgan fingerprint density at radius 3 is 1.89 bits per heavy atom. The molecule has 3 aliphatic rings. The van der Waals surface area contributed by atoms with E-state index in [0.717, 1.165) is 4.90 Å². The first-order valence-electron chi connectivity index (χ1n) is 18.5. The Bertz CT molecular complexity index is 1990. The van der Waals surface area contributed by atoms with Gasteiger partial charge in [0.1, 0.15) is 53.9 Å². The molecule has 0 unspecified atom stereocenters. The van der Waals surface area contributed by atoms with Crippen LogP contribution in [0.15, 0.2) is 66.7 Å². The summed E-state index contributed by atoms with van der Waals surface area (Å²) in [5, 5.41) is 19.8. The third-order valence-electron chi connectivity index (χ3n) is 10.5. The average Bonchev–Trinajstić information content (AvgIpc) is 3.20. The van der Waals surface area contributed by atoms with Crippen molar-refractivity contribution in [1.82, 2.24) is 30.7 Å². The lowest BCUT2D eigenvalue weighted by molar-refractivity contribution is -0.152. The largest absolute Gasteiger partial charge is 0.497 e. The van der Waals surface area contributed by atoms with Crippen LogP contribution in [0.3, 0.4) is 0 Å². The molecule has 6 amide bonds. The highest BCUT2D eigenvalue weighted by molar-refractivity contribution is 5.98. The molecule has 3 aromatic carbocycles. The van der Waals surface area contributed by atoms with Crippen LogP contribution in [-0.2, 0) is 41.6 Å². The monoisotopic (exact) mass is 786 g/mol. The second kappa shape index (κ2) is 17.7. The molecule has 7 atom stereocenters. The summed E-state index contributed by atoms with van der Waals surface area (Å²) in [4.78, 5) is 88.0. The molecule has 4 N–H and O–H groups in total. The molecule has 0 spiro atoms. The number of methoxy groups -OCH3 is 2. The molecule has 0 saturated carbocycles. The minimum Gasteiger partial charge on any atom is -0.497 e. The van der Waals surface area contributed by atoms with Gasteiger partial charge in [-0.25, -0.2) is 0 Å². The molecule has 3 aliphatic heterocycles. The smallest absolute Gasteiger partial charge is 0.246 e. The molecule has 0 aliphatic carbocycles. The molecule has 0 aromatic heterocycles. The number of benzene rings is 3. The quantitative estimate of drug-likeness (QED) is 0.300. The van der Waals surface area contributed by atoms with Crippen molar-refractivity contribution in [3.05, 3.63) is 83.4 Å². The third-order valence-corrected chi connectivity index (χ3v) is 10.5. The van der Waals surface area contributed by atoms with E-state index in [2.05, 4.69) is 16.0 Å². The number of rotatable bonds is 4. The van der Waals surface area contributed by atoms with Gasteiger partial charge in [0.05, 0.1) is 14.2 Å². The maximum atomic E-state index is 14.7. The minimum absolute atomic E-state index is 0.0283. The third kappa shape index (κ3) is 9.28. The first-order chi connectivity index (χ1) is 27.0. The van der Waals surface area contributed by atoms with E-state index < -0.39 is 77.8 Å². The fraction of sp³-hybridized carbons (Fsp3) is 0.415. The van der Waals surface area contributed by atoms with Gasteiger partial charge in [-0.05, 0) is 73.9 Å². The molecular weight excluding hydrogens is 736 g/mol. The summed E-state index contributed by atoms with van der Waals surface area (Å²) in [6.45, 7) is 4.30. The first-order valence-corrected chi connectivity index (χ1v) is 18.5. The number of amides is 6. The minimum atomic E-state index is -1.67. The summed E-state index contributed by atoms with van der Waals surface area (Å²) < 4.78 is 16.9. The van der Waals surface area contributed by atoms with Gasteiger partial charge in [-0.15, -0.1) is 0 Å². The number of hydrogen-bond donors (Lipinski definition) is 4. The number of likely N-dealkylation sites (N-methyl/N-ethyl adjacent to an activating group) is 3. The van der Waals surface area contributed by atoms with Crippen LogP contribution in [-0.4, -0.2) is 127 Å². The van der Waals surface area contributed by atoms with Crippen molar-refractivity contribution in [2.24, 2.45) is 0 Å². The highest BCUT2D eigenvalue weighted by atomic mass is 16.5. The van der Waals surface area contributed by atoms with E-state index in [1.54, 1.807) is 54.6 Å². The van der Waals surface area contributed by atoms with E-state index in [9.17, 15) is 33.9 Å². The maximum absolute atomic E-state index is 14.7. The molecule has 57 heavy (non-hydrogen) atoms. The highest BCUT2D eigenvalue weighted by Crippen LogP contribution is 2.36. The molecule has 6 bridgehead atoms. The van der Waals surface area contributed by atoms with Crippen LogP contribution in [0.5, 0.6) is 23.0 Å². The molecule has 16 nitrogen and oxygen atoms in total. The summed E-state index contributed by atoms with van der Waals surface area (Å²) in [6.07, 6.45) is -1.65. The number of ether oxygens (including phenoxy) is 3. The van der Waals surface area contributed by atoms with E-state index >= 15 is 0 Å². The number of hydrogen-bond acceptors (Lipinski definition) is 10. The first kappa shape index (κ1) is 42.0. The molecule has 304 valence electrons. The molecule has 16 heteroatoms. The van der Waals surface area contributed by atoms with Crippen LogP contribution >= 0.6 is 0 Å².